The van der Waals surface area contributed by atoms with Crippen molar-refractivity contribution >= 4 is 40.0 Å². The average Bonchev–Trinajstić information content (AvgIpc) is 3.22. The molecule has 0 aliphatic carbocycles. The SMILES string of the molecule is CN(C)c1cc[n+]([C@H](C(=O)c2cccs2)C(=S)NCc2ccccc2)cc1. The molecule has 1 N–H and O–H groups in total. The van der Waals surface area contributed by atoms with Crippen LogP contribution in [0.2, 0.25) is 0 Å². The Kier molecular flexibility index (Phi) is 6.32. The number of benzene rings is 1. The molecule has 0 unspecified atom stereocenters. The lowest BCUT2D eigenvalue weighted by Crippen LogP contribution is -2.51. The van der Waals surface area contributed by atoms with Gasteiger partial charge in [-0.2, -0.15) is 4.57 Å². The van der Waals surface area contributed by atoms with Gasteiger partial charge in [-0.1, -0.05) is 48.6 Å². The first-order chi connectivity index (χ1) is 13.1. The van der Waals surface area contributed by atoms with Crippen LogP contribution in [0.15, 0.2) is 72.4 Å². The van der Waals surface area contributed by atoms with E-state index in [-0.39, 0.29) is 5.78 Å². The Morgan fingerprint density at radius 3 is 2.41 bits per heavy atom. The van der Waals surface area contributed by atoms with Crippen LogP contribution in [0.1, 0.15) is 21.3 Å². The van der Waals surface area contributed by atoms with Gasteiger partial charge in [0.25, 0.3) is 6.04 Å². The second kappa shape index (κ2) is 8.88. The van der Waals surface area contributed by atoms with E-state index in [9.17, 15) is 4.79 Å². The molecule has 4 nitrogen and oxygen atoms in total. The van der Waals surface area contributed by atoms with Gasteiger partial charge in [0.2, 0.25) is 5.78 Å². The first-order valence-corrected chi connectivity index (χ1v) is 9.92. The Balaban J connectivity index is 1.85. The van der Waals surface area contributed by atoms with Crippen LogP contribution in [-0.2, 0) is 6.54 Å². The summed E-state index contributed by atoms with van der Waals surface area (Å²) < 4.78 is 1.87. The number of rotatable bonds is 7. The lowest BCUT2D eigenvalue weighted by atomic mass is 10.1. The number of carbonyl (C=O) groups excluding carboxylic acids is 1. The molecule has 0 spiro atoms. The molecule has 0 radical (unpaired) electrons. The number of carbonyl (C=O) groups is 1. The van der Waals surface area contributed by atoms with Gasteiger partial charge in [-0.15, -0.1) is 11.3 Å². The topological polar surface area (TPSA) is 36.2 Å². The third-order valence-corrected chi connectivity index (χ3v) is 5.47. The number of pyridine rings is 1. The number of thiophene rings is 1. The van der Waals surface area contributed by atoms with E-state index >= 15 is 0 Å². The van der Waals surface area contributed by atoms with Gasteiger partial charge in [0.1, 0.15) is 0 Å². The number of hydrogen-bond donors (Lipinski definition) is 1. The monoisotopic (exact) mass is 396 g/mol. The molecular weight excluding hydrogens is 374 g/mol. The number of nitrogens with zero attached hydrogens (tertiary/aromatic N) is 2. The van der Waals surface area contributed by atoms with Crippen LogP contribution in [0.25, 0.3) is 0 Å². The minimum atomic E-state index is -0.571. The maximum Gasteiger partial charge on any atom is 0.271 e. The fourth-order valence-electron chi connectivity index (χ4n) is 2.73. The molecular formula is C21H22N3OS2+. The van der Waals surface area contributed by atoms with Crippen molar-refractivity contribution in [3.05, 3.63) is 82.8 Å². The van der Waals surface area contributed by atoms with Gasteiger partial charge in [0, 0.05) is 38.5 Å². The lowest BCUT2D eigenvalue weighted by molar-refractivity contribution is -0.692. The van der Waals surface area contributed by atoms with Gasteiger partial charge in [0.05, 0.1) is 4.88 Å². The molecule has 138 valence electrons. The molecule has 3 aromatic rings. The molecule has 1 atom stereocenters. The van der Waals surface area contributed by atoms with Crippen molar-refractivity contribution < 1.29 is 9.36 Å². The summed E-state index contributed by atoms with van der Waals surface area (Å²) in [6.07, 6.45) is 3.81. The Morgan fingerprint density at radius 1 is 1.11 bits per heavy atom. The van der Waals surface area contributed by atoms with Crippen molar-refractivity contribution in [2.45, 2.75) is 12.6 Å². The zero-order valence-electron chi connectivity index (χ0n) is 15.3. The van der Waals surface area contributed by atoms with E-state index in [1.807, 2.05) is 95.9 Å². The normalized spacial score (nSPS) is 11.6. The Hall–Kier alpha value is -2.57. The van der Waals surface area contributed by atoms with Crippen LogP contribution in [0, 0.1) is 0 Å². The maximum atomic E-state index is 13.1. The summed E-state index contributed by atoms with van der Waals surface area (Å²) >= 11 is 7.07. The molecule has 0 amide bonds. The molecule has 0 saturated heterocycles. The highest BCUT2D eigenvalue weighted by Crippen LogP contribution is 2.17. The van der Waals surface area contributed by atoms with E-state index < -0.39 is 6.04 Å². The minimum Gasteiger partial charge on any atom is -0.377 e. The summed E-state index contributed by atoms with van der Waals surface area (Å²) in [6.45, 7) is 0.588. The predicted octanol–water partition coefficient (Wildman–Crippen LogP) is 3.64. The highest BCUT2D eigenvalue weighted by molar-refractivity contribution is 7.80. The van der Waals surface area contributed by atoms with Gasteiger partial charge >= 0.3 is 0 Å². The highest BCUT2D eigenvalue weighted by Gasteiger charge is 2.33. The number of thiocarbonyl (C=S) groups is 1. The van der Waals surface area contributed by atoms with Crippen molar-refractivity contribution in [1.82, 2.24) is 5.32 Å². The predicted molar refractivity (Wildman–Crippen MR) is 115 cm³/mol. The molecule has 0 aliphatic rings. The molecule has 3 rings (SSSR count). The van der Waals surface area contributed by atoms with Crippen molar-refractivity contribution in [2.75, 3.05) is 19.0 Å². The highest BCUT2D eigenvalue weighted by atomic mass is 32.1. The standard InChI is InChI=1S/C21H21N3OS2/c1-23(2)17-10-12-24(13-11-17)19(20(25)18-9-6-14-27-18)21(26)22-15-16-7-4-3-5-8-16/h3-14,19H,15H2,1-2H3/p+1/t19-/m1/s1. The second-order valence-electron chi connectivity index (χ2n) is 6.35. The summed E-state index contributed by atoms with van der Waals surface area (Å²) in [7, 11) is 3.97. The number of nitrogens with one attached hydrogen (secondary N) is 1. The Labute approximate surface area is 169 Å². The van der Waals surface area contributed by atoms with E-state index in [2.05, 4.69) is 5.32 Å². The third kappa shape index (κ3) is 4.78. The summed E-state index contributed by atoms with van der Waals surface area (Å²) in [5.41, 5.74) is 2.19. The molecule has 1 aromatic carbocycles. The van der Waals surface area contributed by atoms with Crippen LogP contribution in [0.4, 0.5) is 5.69 Å². The number of anilines is 1. The van der Waals surface area contributed by atoms with Crippen LogP contribution < -0.4 is 14.8 Å². The van der Waals surface area contributed by atoms with Gasteiger partial charge in [0.15, 0.2) is 17.4 Å². The molecule has 27 heavy (non-hydrogen) atoms. The van der Waals surface area contributed by atoms with E-state index in [1.165, 1.54) is 11.3 Å². The second-order valence-corrected chi connectivity index (χ2v) is 7.73. The number of Topliss-reactive ketones (excluding diaryl/α,β-unsaturated/α-hetero) is 1. The summed E-state index contributed by atoms with van der Waals surface area (Å²) in [5, 5.41) is 5.17. The molecule has 0 fully saturated rings. The van der Waals surface area contributed by atoms with E-state index in [1.54, 1.807) is 0 Å². The third-order valence-electron chi connectivity index (χ3n) is 4.22. The van der Waals surface area contributed by atoms with E-state index in [0.29, 0.717) is 16.4 Å². The van der Waals surface area contributed by atoms with Crippen molar-refractivity contribution in [3.63, 3.8) is 0 Å². The maximum absolute atomic E-state index is 13.1. The zero-order valence-corrected chi connectivity index (χ0v) is 17.0. The van der Waals surface area contributed by atoms with E-state index in [0.717, 1.165) is 11.3 Å². The zero-order chi connectivity index (χ0) is 19.2. The van der Waals surface area contributed by atoms with Crippen LogP contribution >= 0.6 is 23.6 Å². The van der Waals surface area contributed by atoms with Gasteiger partial charge in [-0.05, 0) is 17.0 Å². The largest absolute Gasteiger partial charge is 0.377 e. The molecule has 0 bridgehead atoms. The van der Waals surface area contributed by atoms with Crippen LogP contribution in [-0.4, -0.2) is 24.9 Å². The molecule has 6 heteroatoms. The van der Waals surface area contributed by atoms with Gasteiger partial charge < -0.3 is 10.2 Å². The summed E-state index contributed by atoms with van der Waals surface area (Å²) in [5.74, 6) is -0.00170. The number of ketones is 1. The van der Waals surface area contributed by atoms with E-state index in [4.69, 9.17) is 12.2 Å². The lowest BCUT2D eigenvalue weighted by Gasteiger charge is -2.16. The van der Waals surface area contributed by atoms with Crippen LogP contribution in [0.3, 0.4) is 0 Å². The molecule has 0 saturated carbocycles. The van der Waals surface area contributed by atoms with Crippen molar-refractivity contribution in [1.29, 1.82) is 0 Å². The van der Waals surface area contributed by atoms with Crippen LogP contribution in [0.5, 0.6) is 0 Å². The number of hydrogen-bond acceptors (Lipinski definition) is 4. The fraction of sp³-hybridized carbons (Fsp3) is 0.190. The Morgan fingerprint density at radius 2 is 1.81 bits per heavy atom. The van der Waals surface area contributed by atoms with Gasteiger partial charge in [-0.25, -0.2) is 0 Å². The summed E-state index contributed by atoms with van der Waals surface area (Å²) in [4.78, 5) is 16.4. The fourth-order valence-corrected chi connectivity index (χ4v) is 3.72. The first kappa shape index (κ1) is 19.2. The average molecular weight is 397 g/mol. The minimum absolute atomic E-state index is 0.00170. The summed E-state index contributed by atoms with van der Waals surface area (Å²) in [6, 6.07) is 17.1. The molecule has 0 aliphatic heterocycles. The molecule has 2 heterocycles. The smallest absolute Gasteiger partial charge is 0.271 e. The quantitative estimate of drug-likeness (QED) is 0.376. The van der Waals surface area contributed by atoms with Crippen molar-refractivity contribution in [3.8, 4) is 0 Å². The van der Waals surface area contributed by atoms with Crippen molar-refractivity contribution in [2.24, 2.45) is 0 Å². The van der Waals surface area contributed by atoms with Gasteiger partial charge in [-0.3, -0.25) is 4.79 Å². The Bertz CT molecular complexity index is 891. The first-order valence-electron chi connectivity index (χ1n) is 8.64. The molecule has 2 aromatic heterocycles. The number of aromatic nitrogens is 1.